The van der Waals surface area contributed by atoms with Crippen molar-refractivity contribution >= 4 is 17.8 Å². The van der Waals surface area contributed by atoms with Crippen LogP contribution in [0.1, 0.15) is 57.2 Å². The summed E-state index contributed by atoms with van der Waals surface area (Å²) in [5.41, 5.74) is 6.33. The van der Waals surface area contributed by atoms with Crippen molar-refractivity contribution in [3.8, 4) is 5.75 Å². The lowest BCUT2D eigenvalue weighted by molar-refractivity contribution is -0.122. The smallest absolute Gasteiger partial charge is 0.247 e. The fourth-order valence-corrected chi connectivity index (χ4v) is 3.25. The molecule has 2 aromatic carbocycles. The van der Waals surface area contributed by atoms with Crippen molar-refractivity contribution in [1.82, 2.24) is 5.43 Å². The normalized spacial score (nSPS) is 12.3. The summed E-state index contributed by atoms with van der Waals surface area (Å²) in [5, 5.41) is 14.3. The molecule has 0 bridgehead atoms. The van der Waals surface area contributed by atoms with Crippen LogP contribution in [0.15, 0.2) is 47.6 Å². The molecule has 5 nitrogen and oxygen atoms in total. The van der Waals surface area contributed by atoms with E-state index in [0.29, 0.717) is 11.5 Å². The van der Waals surface area contributed by atoms with Gasteiger partial charge in [0.25, 0.3) is 0 Å². The van der Waals surface area contributed by atoms with Crippen molar-refractivity contribution in [2.24, 2.45) is 11.0 Å². The van der Waals surface area contributed by atoms with E-state index in [1.807, 2.05) is 25.1 Å². The third-order valence-electron chi connectivity index (χ3n) is 5.04. The number of benzene rings is 2. The van der Waals surface area contributed by atoms with E-state index in [2.05, 4.69) is 55.3 Å². The van der Waals surface area contributed by atoms with Crippen LogP contribution in [0, 0.1) is 5.92 Å². The Kier molecular flexibility index (Phi) is 8.25. The molecular formula is C24H33N3O2. The molecule has 0 spiro atoms. The van der Waals surface area contributed by atoms with Gasteiger partial charge in [-0.2, -0.15) is 5.10 Å². The highest BCUT2D eigenvalue weighted by Gasteiger charge is 2.14. The van der Waals surface area contributed by atoms with Gasteiger partial charge in [-0.1, -0.05) is 38.1 Å². The molecule has 1 unspecified atom stereocenters. The van der Waals surface area contributed by atoms with E-state index in [1.54, 1.807) is 12.1 Å². The minimum absolute atomic E-state index is 0.140. The second-order valence-corrected chi connectivity index (χ2v) is 7.71. The first kappa shape index (κ1) is 22.5. The third-order valence-corrected chi connectivity index (χ3v) is 5.04. The van der Waals surface area contributed by atoms with E-state index in [0.717, 1.165) is 30.8 Å². The number of amides is 1. The zero-order valence-electron chi connectivity index (χ0n) is 18.1. The number of hydrogen-bond acceptors (Lipinski definition) is 4. The van der Waals surface area contributed by atoms with Crippen molar-refractivity contribution in [3.63, 3.8) is 0 Å². The largest absolute Gasteiger partial charge is 0.507 e. The predicted molar refractivity (Wildman–Crippen MR) is 121 cm³/mol. The Labute approximate surface area is 174 Å². The maximum atomic E-state index is 12.4. The minimum Gasteiger partial charge on any atom is -0.507 e. The monoisotopic (exact) mass is 395 g/mol. The van der Waals surface area contributed by atoms with E-state index in [1.165, 1.54) is 11.8 Å². The number of aromatic hydroxyl groups is 1. The fourth-order valence-electron chi connectivity index (χ4n) is 3.25. The van der Waals surface area contributed by atoms with Crippen LogP contribution in [-0.2, 0) is 11.2 Å². The molecule has 0 aliphatic heterocycles. The summed E-state index contributed by atoms with van der Waals surface area (Å²) in [5.74, 6) is 0.255. The Morgan fingerprint density at radius 2 is 1.76 bits per heavy atom. The zero-order valence-corrected chi connectivity index (χ0v) is 18.1. The summed E-state index contributed by atoms with van der Waals surface area (Å²) in [7, 11) is 0. The molecule has 2 aromatic rings. The molecule has 5 heteroatoms. The van der Waals surface area contributed by atoms with Crippen LogP contribution in [0.2, 0.25) is 0 Å². The van der Waals surface area contributed by atoms with E-state index in [-0.39, 0.29) is 17.6 Å². The molecule has 1 amide bonds. The van der Waals surface area contributed by atoms with Gasteiger partial charge in [0, 0.05) is 30.4 Å². The molecule has 0 saturated carbocycles. The maximum absolute atomic E-state index is 12.4. The number of rotatable bonds is 9. The van der Waals surface area contributed by atoms with Gasteiger partial charge >= 0.3 is 0 Å². The Morgan fingerprint density at radius 3 is 2.31 bits per heavy atom. The SMILES string of the molecule is CCN(CC)c1ccc(/C=N/NC(=O)C(C)c2ccc(CC(C)C)cc2)c(O)c1. The summed E-state index contributed by atoms with van der Waals surface area (Å²) >= 11 is 0. The van der Waals surface area contributed by atoms with Gasteiger partial charge in [0.2, 0.25) is 5.91 Å². The van der Waals surface area contributed by atoms with Crippen molar-refractivity contribution in [2.45, 2.75) is 47.0 Å². The van der Waals surface area contributed by atoms with Gasteiger partial charge in [-0.3, -0.25) is 4.79 Å². The van der Waals surface area contributed by atoms with Crippen LogP contribution >= 0.6 is 0 Å². The predicted octanol–water partition coefficient (Wildman–Crippen LogP) is 4.69. The van der Waals surface area contributed by atoms with Gasteiger partial charge < -0.3 is 10.0 Å². The van der Waals surface area contributed by atoms with Crippen molar-refractivity contribution in [3.05, 3.63) is 59.2 Å². The lowest BCUT2D eigenvalue weighted by Crippen LogP contribution is -2.23. The zero-order chi connectivity index (χ0) is 21.4. The number of carbonyl (C=O) groups is 1. The van der Waals surface area contributed by atoms with Gasteiger partial charge in [0.15, 0.2) is 0 Å². The lowest BCUT2D eigenvalue weighted by Gasteiger charge is -2.21. The molecule has 29 heavy (non-hydrogen) atoms. The van der Waals surface area contributed by atoms with E-state index >= 15 is 0 Å². The number of anilines is 1. The molecule has 1 atom stereocenters. The number of phenols is 1. The summed E-state index contributed by atoms with van der Waals surface area (Å²) in [6.45, 7) is 12.1. The standard InChI is InChI=1S/C24H33N3O2/c1-6-27(7-2)22-13-12-21(23(28)15-22)16-25-26-24(29)18(5)20-10-8-19(9-11-20)14-17(3)4/h8-13,15-18,28H,6-7,14H2,1-5H3,(H,26,29)/b25-16+. The van der Waals surface area contributed by atoms with Crippen LogP contribution in [0.4, 0.5) is 5.69 Å². The van der Waals surface area contributed by atoms with E-state index in [4.69, 9.17) is 0 Å². The number of nitrogens with one attached hydrogen (secondary N) is 1. The topological polar surface area (TPSA) is 64.9 Å². The summed E-state index contributed by atoms with van der Waals surface area (Å²) in [6, 6.07) is 13.6. The van der Waals surface area contributed by atoms with Gasteiger partial charge in [0.1, 0.15) is 5.75 Å². The highest BCUT2D eigenvalue weighted by molar-refractivity contribution is 5.87. The van der Waals surface area contributed by atoms with Crippen molar-refractivity contribution in [1.29, 1.82) is 0 Å². The molecule has 0 heterocycles. The molecule has 0 aliphatic carbocycles. The van der Waals surface area contributed by atoms with Gasteiger partial charge in [-0.25, -0.2) is 5.43 Å². The van der Waals surface area contributed by atoms with Crippen LogP contribution in [0.25, 0.3) is 0 Å². The molecule has 0 fully saturated rings. The lowest BCUT2D eigenvalue weighted by atomic mass is 9.96. The molecular weight excluding hydrogens is 362 g/mol. The summed E-state index contributed by atoms with van der Waals surface area (Å²) in [6.07, 6.45) is 2.50. The van der Waals surface area contributed by atoms with Crippen molar-refractivity contribution in [2.75, 3.05) is 18.0 Å². The number of hydrazone groups is 1. The third kappa shape index (κ3) is 6.34. The molecule has 0 aromatic heterocycles. The summed E-state index contributed by atoms with van der Waals surface area (Å²) < 4.78 is 0. The number of phenolic OH excluding ortho intramolecular Hbond substituents is 1. The first-order chi connectivity index (χ1) is 13.8. The van der Waals surface area contributed by atoms with E-state index in [9.17, 15) is 9.90 Å². The Morgan fingerprint density at radius 1 is 1.10 bits per heavy atom. The van der Waals surface area contributed by atoms with Gasteiger partial charge in [-0.05, 0) is 56.4 Å². The Balaban J connectivity index is 1.98. The first-order valence-corrected chi connectivity index (χ1v) is 10.3. The molecule has 0 radical (unpaired) electrons. The Bertz CT molecular complexity index is 825. The second-order valence-electron chi connectivity index (χ2n) is 7.71. The second kappa shape index (κ2) is 10.6. The van der Waals surface area contributed by atoms with Crippen LogP contribution < -0.4 is 10.3 Å². The first-order valence-electron chi connectivity index (χ1n) is 10.3. The number of carbonyl (C=O) groups excluding carboxylic acids is 1. The maximum Gasteiger partial charge on any atom is 0.247 e. The van der Waals surface area contributed by atoms with Gasteiger partial charge in [-0.15, -0.1) is 0 Å². The molecule has 2 N–H and O–H groups in total. The minimum atomic E-state index is -0.307. The number of nitrogens with zero attached hydrogens (tertiary/aromatic N) is 2. The highest BCUT2D eigenvalue weighted by atomic mass is 16.3. The van der Waals surface area contributed by atoms with Crippen molar-refractivity contribution < 1.29 is 9.90 Å². The van der Waals surface area contributed by atoms with Crippen LogP contribution in [0.5, 0.6) is 5.75 Å². The Hall–Kier alpha value is -2.82. The van der Waals surface area contributed by atoms with Gasteiger partial charge in [0.05, 0.1) is 12.1 Å². The molecule has 2 rings (SSSR count). The van der Waals surface area contributed by atoms with Crippen LogP contribution in [-0.4, -0.2) is 30.3 Å². The van der Waals surface area contributed by atoms with E-state index < -0.39 is 0 Å². The van der Waals surface area contributed by atoms with Crippen LogP contribution in [0.3, 0.4) is 0 Å². The molecule has 156 valence electrons. The summed E-state index contributed by atoms with van der Waals surface area (Å²) in [4.78, 5) is 14.6. The average Bonchev–Trinajstić information content (AvgIpc) is 2.70. The number of hydrogen-bond donors (Lipinski definition) is 2. The fraction of sp³-hybridized carbons (Fsp3) is 0.417. The average molecular weight is 396 g/mol. The molecule has 0 aliphatic rings. The highest BCUT2D eigenvalue weighted by Crippen LogP contribution is 2.23. The molecule has 0 saturated heterocycles. The quantitative estimate of drug-likeness (QED) is 0.478.